The van der Waals surface area contributed by atoms with Crippen LogP contribution in [-0.2, 0) is 12.8 Å². The third-order valence-electron chi connectivity index (χ3n) is 7.08. The number of likely N-dealkylation sites (N-methyl/N-ethyl adjacent to an activating group) is 1. The lowest BCUT2D eigenvalue weighted by molar-refractivity contribution is 0.260. The number of hydrogen-bond acceptors (Lipinski definition) is 4. The van der Waals surface area contributed by atoms with Crippen LogP contribution in [-0.4, -0.2) is 60.5 Å². The normalized spacial score (nSPS) is 14.7. The lowest BCUT2D eigenvalue weighted by Crippen LogP contribution is -2.47. The van der Waals surface area contributed by atoms with Crippen molar-refractivity contribution in [1.29, 1.82) is 0 Å². The highest BCUT2D eigenvalue weighted by Gasteiger charge is 2.21. The first-order chi connectivity index (χ1) is 16.1. The van der Waals surface area contributed by atoms with Gasteiger partial charge in [0.25, 0.3) is 0 Å². The van der Waals surface area contributed by atoms with Gasteiger partial charge in [0.05, 0.1) is 11.4 Å². The van der Waals surface area contributed by atoms with Crippen molar-refractivity contribution < 1.29 is 0 Å². The van der Waals surface area contributed by atoms with Crippen molar-refractivity contribution in [3.05, 3.63) is 76.6 Å². The van der Waals surface area contributed by atoms with Crippen LogP contribution in [0.1, 0.15) is 35.0 Å². The molecule has 1 fully saturated rings. The summed E-state index contributed by atoms with van der Waals surface area (Å²) in [7, 11) is 0. The number of piperazine rings is 1. The minimum atomic E-state index is 0.999. The molecule has 3 aromatic rings. The highest BCUT2D eigenvalue weighted by Crippen LogP contribution is 2.24. The fourth-order valence-corrected chi connectivity index (χ4v) is 4.88. The molecule has 5 heteroatoms. The van der Waals surface area contributed by atoms with E-state index in [1.165, 1.54) is 33.8 Å². The van der Waals surface area contributed by atoms with Gasteiger partial charge in [0, 0.05) is 50.5 Å². The molecule has 2 aromatic carbocycles. The first kappa shape index (κ1) is 23.5. The molecule has 2 heterocycles. The fraction of sp³-hybridized carbons (Fsp3) is 0.464. The van der Waals surface area contributed by atoms with E-state index in [1.807, 2.05) is 0 Å². The van der Waals surface area contributed by atoms with Gasteiger partial charge in [0.1, 0.15) is 0 Å². The summed E-state index contributed by atoms with van der Waals surface area (Å²) in [6.07, 6.45) is 2.04. The number of para-hydroxylation sites is 1. The second kappa shape index (κ2) is 11.0. The molecule has 0 spiro atoms. The Kier molecular flexibility index (Phi) is 7.84. The summed E-state index contributed by atoms with van der Waals surface area (Å²) in [5, 5.41) is 8.56. The van der Waals surface area contributed by atoms with Crippen molar-refractivity contribution in [2.45, 2.75) is 40.5 Å². The Balaban J connectivity index is 1.42. The highest BCUT2D eigenvalue weighted by molar-refractivity contribution is 5.56. The van der Waals surface area contributed by atoms with Crippen LogP contribution in [0.25, 0.3) is 5.69 Å². The summed E-state index contributed by atoms with van der Waals surface area (Å²) in [5.41, 5.74) is 9.28. The van der Waals surface area contributed by atoms with E-state index in [9.17, 15) is 0 Å². The van der Waals surface area contributed by atoms with E-state index in [4.69, 9.17) is 5.10 Å². The van der Waals surface area contributed by atoms with Crippen molar-refractivity contribution >= 4 is 5.69 Å². The molecule has 1 aromatic heterocycles. The predicted octanol–water partition coefficient (Wildman–Crippen LogP) is 4.31. The molecule has 1 N–H and O–H groups in total. The standard InChI is InChI=1S/C28H39N5/c1-5-29-16-14-26-24(4)33(25-11-7-6-8-12-25)30-27(26)15-17-31-18-20-32(21-19-31)28-13-9-10-22(2)23(28)3/h6-13,29H,5,14-21H2,1-4H3. The van der Waals surface area contributed by atoms with E-state index < -0.39 is 0 Å². The topological polar surface area (TPSA) is 36.3 Å². The second-order valence-electron chi connectivity index (χ2n) is 9.16. The van der Waals surface area contributed by atoms with Gasteiger partial charge in [0.15, 0.2) is 0 Å². The Bertz CT molecular complexity index is 1030. The summed E-state index contributed by atoms with van der Waals surface area (Å²) in [6, 6.07) is 17.2. The first-order valence-corrected chi connectivity index (χ1v) is 12.5. The summed E-state index contributed by atoms with van der Waals surface area (Å²) in [6.45, 7) is 16.3. The largest absolute Gasteiger partial charge is 0.369 e. The molecule has 176 valence electrons. The SMILES string of the molecule is CCNCCc1c(CCN2CCN(c3cccc(C)c3C)CC2)nn(-c2ccccc2)c1C. The van der Waals surface area contributed by atoms with E-state index in [0.717, 1.165) is 64.3 Å². The van der Waals surface area contributed by atoms with E-state index in [0.29, 0.717) is 0 Å². The molecule has 0 radical (unpaired) electrons. The van der Waals surface area contributed by atoms with Crippen LogP contribution in [0.5, 0.6) is 0 Å². The van der Waals surface area contributed by atoms with Crippen molar-refractivity contribution in [3.8, 4) is 5.69 Å². The minimum absolute atomic E-state index is 0.999. The van der Waals surface area contributed by atoms with Gasteiger partial charge >= 0.3 is 0 Å². The molecule has 4 rings (SSSR count). The van der Waals surface area contributed by atoms with Crippen LogP contribution in [0.15, 0.2) is 48.5 Å². The van der Waals surface area contributed by atoms with Crippen LogP contribution >= 0.6 is 0 Å². The number of anilines is 1. The molecular weight excluding hydrogens is 406 g/mol. The Morgan fingerprint density at radius 3 is 2.36 bits per heavy atom. The Morgan fingerprint density at radius 1 is 0.879 bits per heavy atom. The Morgan fingerprint density at radius 2 is 1.64 bits per heavy atom. The zero-order chi connectivity index (χ0) is 23.2. The highest BCUT2D eigenvalue weighted by atomic mass is 15.3. The first-order valence-electron chi connectivity index (χ1n) is 12.5. The number of benzene rings is 2. The van der Waals surface area contributed by atoms with Crippen LogP contribution in [0.2, 0.25) is 0 Å². The Labute approximate surface area is 199 Å². The second-order valence-corrected chi connectivity index (χ2v) is 9.16. The van der Waals surface area contributed by atoms with Crippen LogP contribution in [0.3, 0.4) is 0 Å². The average molecular weight is 446 g/mol. The number of hydrogen-bond donors (Lipinski definition) is 1. The molecule has 0 atom stereocenters. The van der Waals surface area contributed by atoms with Gasteiger partial charge in [0.2, 0.25) is 0 Å². The lowest BCUT2D eigenvalue weighted by atomic mass is 10.1. The maximum absolute atomic E-state index is 5.08. The van der Waals surface area contributed by atoms with E-state index in [-0.39, 0.29) is 0 Å². The van der Waals surface area contributed by atoms with E-state index in [1.54, 1.807) is 0 Å². The lowest BCUT2D eigenvalue weighted by Gasteiger charge is -2.37. The number of nitrogens with one attached hydrogen (secondary N) is 1. The molecule has 1 aliphatic rings. The number of rotatable bonds is 9. The molecule has 5 nitrogen and oxygen atoms in total. The van der Waals surface area contributed by atoms with Gasteiger partial charge in [-0.15, -0.1) is 0 Å². The summed E-state index contributed by atoms with van der Waals surface area (Å²) < 4.78 is 2.13. The van der Waals surface area contributed by atoms with Crippen molar-refractivity contribution in [3.63, 3.8) is 0 Å². The fourth-order valence-electron chi connectivity index (χ4n) is 4.88. The van der Waals surface area contributed by atoms with Gasteiger partial charge in [-0.25, -0.2) is 4.68 Å². The molecule has 0 bridgehead atoms. The van der Waals surface area contributed by atoms with Gasteiger partial charge in [-0.2, -0.15) is 5.10 Å². The van der Waals surface area contributed by atoms with Crippen LogP contribution in [0.4, 0.5) is 5.69 Å². The van der Waals surface area contributed by atoms with Crippen LogP contribution < -0.4 is 10.2 Å². The minimum Gasteiger partial charge on any atom is -0.369 e. The van der Waals surface area contributed by atoms with Gasteiger partial charge in [-0.3, -0.25) is 4.90 Å². The third kappa shape index (κ3) is 5.48. The molecule has 1 saturated heterocycles. The van der Waals surface area contributed by atoms with E-state index >= 15 is 0 Å². The quantitative estimate of drug-likeness (QED) is 0.498. The van der Waals surface area contributed by atoms with Gasteiger partial charge in [-0.05, 0) is 75.2 Å². The van der Waals surface area contributed by atoms with Gasteiger partial charge < -0.3 is 10.2 Å². The van der Waals surface area contributed by atoms with Crippen LogP contribution in [0, 0.1) is 20.8 Å². The molecule has 33 heavy (non-hydrogen) atoms. The van der Waals surface area contributed by atoms with Crippen molar-refractivity contribution in [2.24, 2.45) is 0 Å². The van der Waals surface area contributed by atoms with Gasteiger partial charge in [-0.1, -0.05) is 37.3 Å². The summed E-state index contributed by atoms with van der Waals surface area (Å²) >= 11 is 0. The average Bonchev–Trinajstić information content (AvgIpc) is 3.16. The smallest absolute Gasteiger partial charge is 0.0677 e. The monoisotopic (exact) mass is 445 g/mol. The molecular formula is C28H39N5. The maximum atomic E-state index is 5.08. The summed E-state index contributed by atoms with van der Waals surface area (Å²) in [5.74, 6) is 0. The maximum Gasteiger partial charge on any atom is 0.0677 e. The third-order valence-corrected chi connectivity index (χ3v) is 7.08. The number of aryl methyl sites for hydroxylation is 1. The molecule has 0 aliphatic carbocycles. The zero-order valence-electron chi connectivity index (χ0n) is 20.8. The molecule has 1 aliphatic heterocycles. The molecule has 0 saturated carbocycles. The summed E-state index contributed by atoms with van der Waals surface area (Å²) in [4.78, 5) is 5.15. The molecule has 0 unspecified atom stereocenters. The van der Waals surface area contributed by atoms with E-state index in [2.05, 4.69) is 96.0 Å². The Hall–Kier alpha value is -2.63. The predicted molar refractivity (Wildman–Crippen MR) is 139 cm³/mol. The van der Waals surface area contributed by atoms with Crippen molar-refractivity contribution in [2.75, 3.05) is 50.7 Å². The van der Waals surface area contributed by atoms with Crippen molar-refractivity contribution in [1.82, 2.24) is 20.0 Å². The zero-order valence-corrected chi connectivity index (χ0v) is 20.8. The molecule has 0 amide bonds. The number of nitrogens with zero attached hydrogens (tertiary/aromatic N) is 4. The number of aromatic nitrogens is 2.